The fourth-order valence-corrected chi connectivity index (χ4v) is 5.67. The highest BCUT2D eigenvalue weighted by Gasteiger charge is 2.56. The largest absolute Gasteiger partial charge is 0.347 e. The van der Waals surface area contributed by atoms with Gasteiger partial charge in [0.2, 0.25) is 5.91 Å². The third-order valence-corrected chi connectivity index (χ3v) is 8.38. The van der Waals surface area contributed by atoms with E-state index in [4.69, 9.17) is 11.6 Å². The molecule has 1 N–H and O–H groups in total. The Morgan fingerprint density at radius 1 is 1.12 bits per heavy atom. The van der Waals surface area contributed by atoms with Crippen molar-refractivity contribution in [1.29, 1.82) is 0 Å². The summed E-state index contributed by atoms with van der Waals surface area (Å²) in [6.45, 7) is 0. The number of benzene rings is 2. The second-order valence-corrected chi connectivity index (χ2v) is 11.8. The number of carbonyl (C=O) groups excluding carboxylic acids is 2. The molecule has 0 spiro atoms. The van der Waals surface area contributed by atoms with Crippen molar-refractivity contribution in [2.75, 3.05) is 6.26 Å². The van der Waals surface area contributed by atoms with E-state index in [1.165, 1.54) is 29.2 Å². The fourth-order valence-electron chi connectivity index (χ4n) is 4.90. The topological polar surface area (TPSA) is 83.6 Å². The molecule has 2 amide bonds. The molecule has 0 aromatic heterocycles. The third kappa shape index (κ3) is 4.31. The number of nitrogens with zero attached hydrogens (tertiary/aromatic N) is 1. The molecule has 1 saturated heterocycles. The van der Waals surface area contributed by atoms with Crippen molar-refractivity contribution in [3.8, 4) is 0 Å². The van der Waals surface area contributed by atoms with E-state index in [-0.39, 0.29) is 34.2 Å². The van der Waals surface area contributed by atoms with Crippen LogP contribution in [0.15, 0.2) is 41.3 Å². The van der Waals surface area contributed by atoms with Gasteiger partial charge in [0.1, 0.15) is 22.7 Å². The molecule has 3 aliphatic rings. The van der Waals surface area contributed by atoms with Gasteiger partial charge in [0.15, 0.2) is 9.84 Å². The van der Waals surface area contributed by atoms with E-state index in [0.717, 1.165) is 37.7 Å². The maximum atomic E-state index is 14.1. The quantitative estimate of drug-likeness (QED) is 0.600. The molecule has 2 aromatic rings. The Labute approximate surface area is 201 Å². The van der Waals surface area contributed by atoms with Gasteiger partial charge in [0, 0.05) is 17.9 Å². The van der Waals surface area contributed by atoms with Crippen LogP contribution in [0.5, 0.6) is 0 Å². The van der Waals surface area contributed by atoms with Crippen LogP contribution in [-0.4, -0.2) is 43.5 Å². The van der Waals surface area contributed by atoms with Crippen molar-refractivity contribution < 1.29 is 26.8 Å². The fraction of sp³-hybridized carbons (Fsp3) is 0.417. The predicted octanol–water partition coefficient (Wildman–Crippen LogP) is 3.89. The molecule has 0 radical (unpaired) electrons. The first-order valence-corrected chi connectivity index (χ1v) is 13.4. The summed E-state index contributed by atoms with van der Waals surface area (Å²) >= 11 is 5.61. The van der Waals surface area contributed by atoms with E-state index in [9.17, 15) is 26.8 Å². The number of likely N-dealkylation sites (tertiary alicyclic amines) is 1. The number of hydrogen-bond acceptors (Lipinski definition) is 4. The maximum absolute atomic E-state index is 14.1. The van der Waals surface area contributed by atoms with Gasteiger partial charge in [-0.15, -0.1) is 0 Å². The number of piperidine rings is 1. The van der Waals surface area contributed by atoms with Crippen LogP contribution in [0, 0.1) is 23.5 Å². The lowest BCUT2D eigenvalue weighted by Gasteiger charge is -2.29. The van der Waals surface area contributed by atoms with E-state index in [1.807, 2.05) is 0 Å². The Kier molecular flexibility index (Phi) is 5.67. The van der Waals surface area contributed by atoms with Crippen LogP contribution in [0.2, 0.25) is 5.02 Å². The van der Waals surface area contributed by atoms with Crippen LogP contribution in [0.4, 0.5) is 8.78 Å². The summed E-state index contributed by atoms with van der Waals surface area (Å²) in [7, 11) is -3.50. The molecule has 2 aliphatic carbocycles. The predicted molar refractivity (Wildman–Crippen MR) is 121 cm³/mol. The van der Waals surface area contributed by atoms with Crippen LogP contribution in [0.3, 0.4) is 0 Å². The van der Waals surface area contributed by atoms with Gasteiger partial charge in [-0.1, -0.05) is 17.7 Å². The molecule has 10 heteroatoms. The Balaban J connectivity index is 1.39. The molecule has 5 rings (SSSR count). The molecule has 6 nitrogen and oxygen atoms in total. The smallest absolute Gasteiger partial charge is 0.254 e. The molecule has 4 atom stereocenters. The number of nitrogens with one attached hydrogen (secondary N) is 1. The lowest BCUT2D eigenvalue weighted by Crippen LogP contribution is -2.49. The number of fused-ring (bicyclic) bond motifs is 1. The minimum absolute atomic E-state index is 0.0338. The van der Waals surface area contributed by atoms with Crippen LogP contribution in [0.25, 0.3) is 0 Å². The molecule has 0 bridgehead atoms. The van der Waals surface area contributed by atoms with Crippen molar-refractivity contribution in [1.82, 2.24) is 10.2 Å². The summed E-state index contributed by atoms with van der Waals surface area (Å²) in [5.41, 5.74) is 0.506. The van der Waals surface area contributed by atoms with Gasteiger partial charge in [-0.3, -0.25) is 9.59 Å². The summed E-state index contributed by atoms with van der Waals surface area (Å²) in [5, 5.41) is 2.33. The van der Waals surface area contributed by atoms with Gasteiger partial charge in [0.05, 0.1) is 10.9 Å². The van der Waals surface area contributed by atoms with Crippen LogP contribution >= 0.6 is 11.6 Å². The second kappa shape index (κ2) is 8.30. The zero-order valence-corrected chi connectivity index (χ0v) is 19.9. The Bertz CT molecular complexity index is 1270. The average molecular weight is 509 g/mol. The van der Waals surface area contributed by atoms with Gasteiger partial charge in [-0.05, 0) is 73.4 Å². The van der Waals surface area contributed by atoms with Gasteiger partial charge in [0.25, 0.3) is 5.91 Å². The monoisotopic (exact) mass is 508 g/mol. The van der Waals surface area contributed by atoms with E-state index in [2.05, 4.69) is 5.32 Å². The molecule has 180 valence electrons. The standard InChI is InChI=1S/C24H23ClF2N2O4S/c1-34(32,33)16-4-2-3-13(7-16)24(31)29-19-10-14(19)11-20(29)23(30)28-22(12-5-6-12)15-8-17(26)21(25)18(27)9-15/h2-4,7-9,12,14,19-20,22H,5-6,10-11H2,1H3,(H,28,30)/t14-,19-,20-,22-/m1/s1. The first-order valence-electron chi connectivity index (χ1n) is 11.1. The van der Waals surface area contributed by atoms with Gasteiger partial charge in [-0.2, -0.15) is 0 Å². The molecular formula is C24H23ClF2N2O4S. The summed E-state index contributed by atoms with van der Waals surface area (Å²) in [6.07, 6.45) is 3.98. The van der Waals surface area contributed by atoms with Gasteiger partial charge in [-0.25, -0.2) is 17.2 Å². The van der Waals surface area contributed by atoms with Gasteiger partial charge < -0.3 is 10.2 Å². The maximum Gasteiger partial charge on any atom is 0.254 e. The normalized spacial score (nSPS) is 24.5. The van der Waals surface area contributed by atoms with E-state index >= 15 is 0 Å². The molecule has 3 fully saturated rings. The minimum atomic E-state index is -3.50. The van der Waals surface area contributed by atoms with E-state index in [0.29, 0.717) is 12.0 Å². The first kappa shape index (κ1) is 23.2. The van der Waals surface area contributed by atoms with Crippen molar-refractivity contribution in [2.24, 2.45) is 11.8 Å². The number of sulfone groups is 1. The zero-order valence-electron chi connectivity index (χ0n) is 18.3. The summed E-state index contributed by atoms with van der Waals surface area (Å²) < 4.78 is 52.0. The van der Waals surface area contributed by atoms with Crippen LogP contribution < -0.4 is 5.32 Å². The highest BCUT2D eigenvalue weighted by molar-refractivity contribution is 7.90. The number of halogens is 3. The average Bonchev–Trinajstić information content (AvgIpc) is 3.72. The zero-order chi connectivity index (χ0) is 24.4. The Hall–Kier alpha value is -2.52. The lowest BCUT2D eigenvalue weighted by atomic mass is 10.0. The Morgan fingerprint density at radius 3 is 2.41 bits per heavy atom. The highest BCUT2D eigenvalue weighted by atomic mass is 35.5. The van der Waals surface area contributed by atoms with Crippen molar-refractivity contribution in [2.45, 2.75) is 48.7 Å². The number of hydrogen-bond donors (Lipinski definition) is 1. The molecular weight excluding hydrogens is 486 g/mol. The van der Waals surface area contributed by atoms with Crippen LogP contribution in [0.1, 0.15) is 47.6 Å². The SMILES string of the molecule is CS(=O)(=O)c1cccc(C(=O)N2[C@@H](C(=O)N[C@@H](c3cc(F)c(Cl)c(F)c3)C3CC3)C[C@H]3C[C@H]32)c1. The lowest BCUT2D eigenvalue weighted by molar-refractivity contribution is -0.126. The van der Waals surface area contributed by atoms with Crippen molar-refractivity contribution in [3.05, 3.63) is 64.2 Å². The molecule has 2 aromatic carbocycles. The number of rotatable bonds is 6. The number of amides is 2. The molecule has 0 unspecified atom stereocenters. The summed E-state index contributed by atoms with van der Waals surface area (Å²) in [6, 6.07) is 6.67. The second-order valence-electron chi connectivity index (χ2n) is 9.45. The number of carbonyl (C=O) groups is 2. The molecule has 34 heavy (non-hydrogen) atoms. The van der Waals surface area contributed by atoms with E-state index < -0.39 is 44.5 Å². The molecule has 1 heterocycles. The van der Waals surface area contributed by atoms with E-state index in [1.54, 1.807) is 0 Å². The minimum Gasteiger partial charge on any atom is -0.347 e. The highest BCUT2D eigenvalue weighted by Crippen LogP contribution is 2.49. The first-order chi connectivity index (χ1) is 16.0. The molecule has 1 aliphatic heterocycles. The Morgan fingerprint density at radius 2 is 1.79 bits per heavy atom. The van der Waals surface area contributed by atoms with Crippen molar-refractivity contribution >= 4 is 33.3 Å². The van der Waals surface area contributed by atoms with Gasteiger partial charge >= 0.3 is 0 Å². The molecule has 2 saturated carbocycles. The third-order valence-electron chi connectivity index (χ3n) is 6.91. The summed E-state index contributed by atoms with van der Waals surface area (Å²) in [5.74, 6) is -2.30. The summed E-state index contributed by atoms with van der Waals surface area (Å²) in [4.78, 5) is 28.2. The van der Waals surface area contributed by atoms with Crippen molar-refractivity contribution in [3.63, 3.8) is 0 Å². The van der Waals surface area contributed by atoms with Crippen LogP contribution in [-0.2, 0) is 14.6 Å².